The van der Waals surface area contributed by atoms with Crippen molar-refractivity contribution in [2.24, 2.45) is 5.41 Å². The number of nitrogens with one attached hydrogen (secondary N) is 1. The van der Waals surface area contributed by atoms with E-state index in [0.29, 0.717) is 11.3 Å². The summed E-state index contributed by atoms with van der Waals surface area (Å²) in [6.07, 6.45) is -4.89. The molecular formula is C29H27F3N2O4. The molecule has 1 fully saturated rings. The maximum Gasteiger partial charge on any atom is 0.416 e. The Bertz CT molecular complexity index is 1370. The lowest BCUT2D eigenvalue weighted by atomic mass is 9.86. The van der Waals surface area contributed by atoms with Gasteiger partial charge in [-0.1, -0.05) is 36.4 Å². The van der Waals surface area contributed by atoms with Crippen LogP contribution in [0, 0.1) is 26.2 Å². The second-order valence-corrected chi connectivity index (χ2v) is 9.66. The Kier molecular flexibility index (Phi) is 7.31. The molecule has 4 rings (SSSR count). The molecule has 0 spiro atoms. The van der Waals surface area contributed by atoms with Crippen molar-refractivity contribution in [2.45, 2.75) is 33.4 Å². The summed E-state index contributed by atoms with van der Waals surface area (Å²) in [6, 6.07) is 17.0. The number of hydrogen-bond acceptors (Lipinski definition) is 4. The number of rotatable bonds is 6. The third-order valence-electron chi connectivity index (χ3n) is 6.59. The van der Waals surface area contributed by atoms with E-state index >= 15 is 0 Å². The molecule has 1 saturated heterocycles. The summed E-state index contributed by atoms with van der Waals surface area (Å²) in [6.45, 7) is 4.64. The standard InChI is InChI=1S/C29H27F3N2O4/c1-18-12-22(29(30,31)32)14-23(13-18)33-27(37)28(17-38-26(36)21-10-5-4-6-11-21)15-24(35)34(16-28)25-19(2)8-7-9-20(25)3/h4-14H,15-17H2,1-3H3,(H,33,37). The number of ether oxygens (including phenoxy) is 1. The van der Waals surface area contributed by atoms with Gasteiger partial charge in [-0.05, 0) is 67.8 Å². The highest BCUT2D eigenvalue weighted by atomic mass is 19.4. The first-order chi connectivity index (χ1) is 17.9. The molecule has 3 aromatic rings. The second kappa shape index (κ2) is 10.3. The van der Waals surface area contributed by atoms with Crippen LogP contribution < -0.4 is 10.2 Å². The highest BCUT2D eigenvalue weighted by molar-refractivity contribution is 6.06. The number of halogens is 3. The number of alkyl halides is 3. The van der Waals surface area contributed by atoms with Crippen molar-refractivity contribution in [3.8, 4) is 0 Å². The number of amides is 2. The first-order valence-electron chi connectivity index (χ1n) is 12.0. The fraction of sp³-hybridized carbons (Fsp3) is 0.276. The monoisotopic (exact) mass is 524 g/mol. The van der Waals surface area contributed by atoms with Gasteiger partial charge in [-0.2, -0.15) is 13.2 Å². The van der Waals surface area contributed by atoms with Crippen molar-refractivity contribution in [3.05, 3.63) is 94.5 Å². The summed E-state index contributed by atoms with van der Waals surface area (Å²) >= 11 is 0. The molecule has 0 bridgehead atoms. The van der Waals surface area contributed by atoms with Crippen molar-refractivity contribution >= 4 is 29.2 Å². The van der Waals surface area contributed by atoms with Gasteiger partial charge in [0.2, 0.25) is 11.8 Å². The maximum atomic E-state index is 13.7. The average Bonchev–Trinajstić information content (AvgIpc) is 3.19. The third kappa shape index (κ3) is 5.56. The van der Waals surface area contributed by atoms with Crippen LogP contribution >= 0.6 is 0 Å². The van der Waals surface area contributed by atoms with Crippen molar-refractivity contribution in [1.82, 2.24) is 0 Å². The van der Waals surface area contributed by atoms with E-state index in [-0.39, 0.29) is 30.1 Å². The molecule has 1 heterocycles. The Balaban J connectivity index is 1.67. The predicted octanol–water partition coefficient (Wildman–Crippen LogP) is 5.85. The smallest absolute Gasteiger partial charge is 0.416 e. The summed E-state index contributed by atoms with van der Waals surface area (Å²) < 4.78 is 45.6. The van der Waals surface area contributed by atoms with Crippen LogP contribution in [0.15, 0.2) is 66.7 Å². The number of esters is 1. The first kappa shape index (κ1) is 26.9. The van der Waals surface area contributed by atoms with Gasteiger partial charge < -0.3 is 15.0 Å². The summed E-state index contributed by atoms with van der Waals surface area (Å²) in [4.78, 5) is 41.1. The largest absolute Gasteiger partial charge is 0.461 e. The minimum atomic E-state index is -4.60. The fourth-order valence-corrected chi connectivity index (χ4v) is 4.72. The van der Waals surface area contributed by atoms with Gasteiger partial charge in [-0.15, -0.1) is 0 Å². The number of aryl methyl sites for hydroxylation is 3. The van der Waals surface area contributed by atoms with Gasteiger partial charge in [-0.3, -0.25) is 9.59 Å². The van der Waals surface area contributed by atoms with Crippen LogP contribution in [0.3, 0.4) is 0 Å². The lowest BCUT2D eigenvalue weighted by Crippen LogP contribution is -2.43. The highest BCUT2D eigenvalue weighted by Gasteiger charge is 2.51. The summed E-state index contributed by atoms with van der Waals surface area (Å²) in [5, 5.41) is 2.55. The van der Waals surface area contributed by atoms with Gasteiger partial charge >= 0.3 is 12.1 Å². The SMILES string of the molecule is Cc1cc(NC(=O)C2(COC(=O)c3ccccc3)CC(=O)N(c3c(C)cccc3C)C2)cc(C(F)(F)F)c1. The summed E-state index contributed by atoms with van der Waals surface area (Å²) in [5.41, 5.74) is 0.376. The van der Waals surface area contributed by atoms with Crippen LogP contribution in [-0.4, -0.2) is 30.9 Å². The molecule has 1 N–H and O–H groups in total. The number of anilines is 2. The van der Waals surface area contributed by atoms with Crippen LogP contribution in [0.4, 0.5) is 24.5 Å². The molecule has 0 saturated carbocycles. The molecule has 2 amide bonds. The maximum absolute atomic E-state index is 13.7. The van der Waals surface area contributed by atoms with E-state index in [4.69, 9.17) is 4.74 Å². The number of carbonyl (C=O) groups excluding carboxylic acids is 3. The van der Waals surface area contributed by atoms with E-state index in [0.717, 1.165) is 23.3 Å². The van der Waals surface area contributed by atoms with Crippen LogP contribution in [-0.2, 0) is 20.5 Å². The first-order valence-corrected chi connectivity index (χ1v) is 12.0. The van der Waals surface area contributed by atoms with Crippen molar-refractivity contribution in [1.29, 1.82) is 0 Å². The molecule has 1 aliphatic rings. The molecular weight excluding hydrogens is 497 g/mol. The van der Waals surface area contributed by atoms with Crippen LogP contribution in [0.25, 0.3) is 0 Å². The van der Waals surface area contributed by atoms with Gasteiger partial charge in [0.05, 0.1) is 11.1 Å². The molecule has 0 aromatic heterocycles. The van der Waals surface area contributed by atoms with Gasteiger partial charge in [0.15, 0.2) is 0 Å². The zero-order chi connectivity index (χ0) is 27.7. The number of para-hydroxylation sites is 1. The Hall–Kier alpha value is -4.14. The minimum Gasteiger partial charge on any atom is -0.461 e. The fourth-order valence-electron chi connectivity index (χ4n) is 4.72. The topological polar surface area (TPSA) is 75.7 Å². The zero-order valence-corrected chi connectivity index (χ0v) is 21.2. The zero-order valence-electron chi connectivity index (χ0n) is 21.2. The van der Waals surface area contributed by atoms with Crippen LogP contribution in [0.5, 0.6) is 0 Å². The molecule has 0 aliphatic carbocycles. The van der Waals surface area contributed by atoms with E-state index in [2.05, 4.69) is 5.32 Å². The number of nitrogens with zero attached hydrogens (tertiary/aromatic N) is 1. The Morgan fingerprint density at radius 3 is 2.26 bits per heavy atom. The third-order valence-corrected chi connectivity index (χ3v) is 6.59. The number of carbonyl (C=O) groups is 3. The van der Waals surface area contributed by atoms with Crippen molar-refractivity contribution in [2.75, 3.05) is 23.4 Å². The van der Waals surface area contributed by atoms with E-state index in [1.54, 1.807) is 30.3 Å². The summed E-state index contributed by atoms with van der Waals surface area (Å²) in [7, 11) is 0. The minimum absolute atomic E-state index is 0.0611. The van der Waals surface area contributed by atoms with Crippen LogP contribution in [0.2, 0.25) is 0 Å². The van der Waals surface area contributed by atoms with Crippen molar-refractivity contribution in [3.63, 3.8) is 0 Å². The average molecular weight is 525 g/mol. The predicted molar refractivity (Wildman–Crippen MR) is 137 cm³/mol. The number of benzene rings is 3. The molecule has 1 atom stereocenters. The van der Waals surface area contributed by atoms with Gasteiger partial charge in [0.1, 0.15) is 12.0 Å². The van der Waals surface area contributed by atoms with E-state index in [1.807, 2.05) is 32.0 Å². The molecule has 198 valence electrons. The molecule has 3 aromatic carbocycles. The van der Waals surface area contributed by atoms with Gasteiger partial charge in [0.25, 0.3) is 0 Å². The van der Waals surface area contributed by atoms with E-state index < -0.39 is 35.6 Å². The van der Waals surface area contributed by atoms with E-state index in [1.165, 1.54) is 17.9 Å². The lowest BCUT2D eigenvalue weighted by Gasteiger charge is -2.28. The summed E-state index contributed by atoms with van der Waals surface area (Å²) in [5.74, 6) is -1.74. The molecule has 1 unspecified atom stereocenters. The molecule has 6 nitrogen and oxygen atoms in total. The van der Waals surface area contributed by atoms with Crippen molar-refractivity contribution < 1.29 is 32.3 Å². The molecule has 1 aliphatic heterocycles. The van der Waals surface area contributed by atoms with E-state index in [9.17, 15) is 27.6 Å². The second-order valence-electron chi connectivity index (χ2n) is 9.66. The number of hydrogen-bond donors (Lipinski definition) is 1. The Morgan fingerprint density at radius 2 is 1.63 bits per heavy atom. The highest BCUT2D eigenvalue weighted by Crippen LogP contribution is 2.39. The Labute approximate surface area is 218 Å². The van der Waals surface area contributed by atoms with Gasteiger partial charge in [-0.25, -0.2) is 4.79 Å². The molecule has 0 radical (unpaired) electrons. The molecule has 38 heavy (non-hydrogen) atoms. The molecule has 9 heteroatoms. The Morgan fingerprint density at radius 1 is 0.974 bits per heavy atom. The van der Waals surface area contributed by atoms with Crippen LogP contribution in [0.1, 0.15) is 39.0 Å². The normalized spacial score (nSPS) is 17.4. The lowest BCUT2D eigenvalue weighted by molar-refractivity contribution is -0.137. The van der Waals surface area contributed by atoms with Gasteiger partial charge in [0, 0.05) is 24.3 Å². The quantitative estimate of drug-likeness (QED) is 0.411.